The van der Waals surface area contributed by atoms with Crippen molar-refractivity contribution in [3.8, 4) is 5.75 Å². The molecule has 4 rings (SSSR count). The van der Waals surface area contributed by atoms with Crippen molar-refractivity contribution in [2.24, 2.45) is 0 Å². The third kappa shape index (κ3) is 2.77. The van der Waals surface area contributed by atoms with Crippen molar-refractivity contribution in [2.45, 2.75) is 20.8 Å². The zero-order chi connectivity index (χ0) is 19.3. The van der Waals surface area contributed by atoms with Crippen LogP contribution < -0.4 is 5.63 Å². The Bertz CT molecular complexity index is 1300. The first kappa shape index (κ1) is 17.0. The third-order valence-electron chi connectivity index (χ3n) is 4.82. The molecule has 5 heteroatoms. The summed E-state index contributed by atoms with van der Waals surface area (Å²) in [5.74, 6) is -0.507. The summed E-state index contributed by atoms with van der Waals surface area (Å²) < 4.78 is 5.44. The Labute approximate surface area is 154 Å². The first-order valence-corrected chi connectivity index (χ1v) is 8.53. The second kappa shape index (κ2) is 6.06. The Morgan fingerprint density at radius 1 is 1.00 bits per heavy atom. The van der Waals surface area contributed by atoms with E-state index in [1.165, 1.54) is 18.3 Å². The summed E-state index contributed by atoms with van der Waals surface area (Å²) in [6, 6.07) is 10.0. The van der Waals surface area contributed by atoms with Gasteiger partial charge < -0.3 is 9.52 Å². The highest BCUT2D eigenvalue weighted by Crippen LogP contribution is 2.26. The summed E-state index contributed by atoms with van der Waals surface area (Å²) >= 11 is 0. The lowest BCUT2D eigenvalue weighted by molar-refractivity contribution is 0.103. The Balaban J connectivity index is 1.95. The van der Waals surface area contributed by atoms with Crippen LogP contribution in [0.3, 0.4) is 0 Å². The van der Waals surface area contributed by atoms with E-state index in [1.54, 1.807) is 12.1 Å². The van der Waals surface area contributed by atoms with Crippen LogP contribution in [0.2, 0.25) is 0 Å². The lowest BCUT2D eigenvalue weighted by Crippen LogP contribution is -2.07. The van der Waals surface area contributed by atoms with Gasteiger partial charge in [-0.3, -0.25) is 9.78 Å². The molecule has 0 atom stereocenters. The number of rotatable bonds is 2. The van der Waals surface area contributed by atoms with E-state index in [9.17, 15) is 14.7 Å². The number of aromatic hydroxyl groups is 1. The Kier molecular flexibility index (Phi) is 3.81. The fourth-order valence-corrected chi connectivity index (χ4v) is 3.16. The van der Waals surface area contributed by atoms with Crippen molar-refractivity contribution in [3.05, 3.63) is 80.8 Å². The van der Waals surface area contributed by atoms with E-state index >= 15 is 0 Å². The van der Waals surface area contributed by atoms with Crippen LogP contribution in [-0.2, 0) is 0 Å². The van der Waals surface area contributed by atoms with Gasteiger partial charge >= 0.3 is 5.63 Å². The van der Waals surface area contributed by atoms with E-state index in [2.05, 4.69) is 4.98 Å². The van der Waals surface area contributed by atoms with E-state index in [0.29, 0.717) is 11.1 Å². The van der Waals surface area contributed by atoms with Crippen LogP contribution >= 0.6 is 0 Å². The number of ketones is 1. The molecular weight excluding hydrogens is 342 g/mol. The smallest absolute Gasteiger partial charge is 0.345 e. The molecule has 0 unspecified atom stereocenters. The van der Waals surface area contributed by atoms with Gasteiger partial charge in [-0.25, -0.2) is 4.79 Å². The molecule has 1 N–H and O–H groups in total. The average molecular weight is 359 g/mol. The predicted octanol–water partition coefficient (Wildman–Crippen LogP) is 4.20. The van der Waals surface area contributed by atoms with Gasteiger partial charge in [0, 0.05) is 17.1 Å². The molecule has 0 aliphatic rings. The zero-order valence-electron chi connectivity index (χ0n) is 15.2. The molecule has 0 amide bonds. The number of aryl methyl sites for hydroxylation is 3. The van der Waals surface area contributed by atoms with Gasteiger partial charge in [-0.1, -0.05) is 11.6 Å². The summed E-state index contributed by atoms with van der Waals surface area (Å²) in [4.78, 5) is 29.6. The van der Waals surface area contributed by atoms with Gasteiger partial charge in [-0.2, -0.15) is 0 Å². The normalized spacial score (nSPS) is 11.2. The minimum atomic E-state index is -0.545. The maximum atomic E-state index is 12.8. The summed E-state index contributed by atoms with van der Waals surface area (Å²) in [6.07, 6.45) is 1.43. The molecule has 0 saturated heterocycles. The SMILES string of the molecule is Cc1ccc(O)c(C(=O)c2cnc3c(c2)c(=O)oc2cc(C)c(C)cc23)c1. The standard InChI is InChI=1S/C22H17NO4/c1-11-4-5-18(24)15(6-11)21(25)14-9-17-20(23-10-14)16-7-12(2)13(3)8-19(16)27-22(17)26/h4-10,24H,1-3H3. The number of hydrogen-bond acceptors (Lipinski definition) is 5. The number of phenols is 1. The van der Waals surface area contributed by atoms with Crippen molar-refractivity contribution >= 4 is 27.7 Å². The Morgan fingerprint density at radius 2 is 1.74 bits per heavy atom. The lowest BCUT2D eigenvalue weighted by Gasteiger charge is -2.08. The number of carbonyl (C=O) groups is 1. The van der Waals surface area contributed by atoms with Crippen LogP contribution in [0.5, 0.6) is 5.75 Å². The molecule has 134 valence electrons. The molecule has 2 aromatic heterocycles. The Morgan fingerprint density at radius 3 is 2.52 bits per heavy atom. The molecule has 0 fully saturated rings. The summed E-state index contributed by atoms with van der Waals surface area (Å²) in [5, 5.41) is 11.0. The van der Waals surface area contributed by atoms with Gasteiger partial charge in [0.2, 0.25) is 0 Å². The molecule has 2 heterocycles. The molecule has 0 spiro atoms. The van der Waals surface area contributed by atoms with Crippen LogP contribution in [0.4, 0.5) is 0 Å². The highest BCUT2D eigenvalue weighted by atomic mass is 16.4. The summed E-state index contributed by atoms with van der Waals surface area (Å²) in [7, 11) is 0. The van der Waals surface area contributed by atoms with E-state index in [1.807, 2.05) is 32.9 Å². The number of benzene rings is 2. The fourth-order valence-electron chi connectivity index (χ4n) is 3.16. The number of carbonyl (C=O) groups excluding carboxylic acids is 1. The second-order valence-electron chi connectivity index (χ2n) is 6.79. The molecule has 0 saturated carbocycles. The quantitative estimate of drug-likeness (QED) is 0.329. The number of nitrogens with zero attached hydrogens (tertiary/aromatic N) is 1. The third-order valence-corrected chi connectivity index (χ3v) is 4.82. The topological polar surface area (TPSA) is 80.4 Å². The van der Waals surface area contributed by atoms with E-state index < -0.39 is 11.4 Å². The predicted molar refractivity (Wildman–Crippen MR) is 104 cm³/mol. The zero-order valence-corrected chi connectivity index (χ0v) is 15.2. The van der Waals surface area contributed by atoms with Crippen LogP contribution in [0.25, 0.3) is 21.9 Å². The number of pyridine rings is 1. The van der Waals surface area contributed by atoms with Crippen molar-refractivity contribution < 1.29 is 14.3 Å². The molecule has 5 nitrogen and oxygen atoms in total. The second-order valence-corrected chi connectivity index (χ2v) is 6.79. The van der Waals surface area contributed by atoms with Gasteiger partial charge in [-0.15, -0.1) is 0 Å². The average Bonchev–Trinajstić information content (AvgIpc) is 2.65. The van der Waals surface area contributed by atoms with Gasteiger partial charge in [0.1, 0.15) is 11.3 Å². The fraction of sp³-hybridized carbons (Fsp3) is 0.136. The van der Waals surface area contributed by atoms with Gasteiger partial charge in [0.05, 0.1) is 16.5 Å². The van der Waals surface area contributed by atoms with Crippen LogP contribution in [0, 0.1) is 20.8 Å². The molecule has 0 radical (unpaired) electrons. The number of fused-ring (bicyclic) bond motifs is 3. The molecule has 4 aromatic rings. The largest absolute Gasteiger partial charge is 0.507 e. The van der Waals surface area contributed by atoms with E-state index in [0.717, 1.165) is 22.1 Å². The number of aromatic nitrogens is 1. The molecule has 2 aromatic carbocycles. The van der Waals surface area contributed by atoms with Gasteiger partial charge in [0.15, 0.2) is 5.78 Å². The first-order valence-electron chi connectivity index (χ1n) is 8.53. The van der Waals surface area contributed by atoms with E-state index in [-0.39, 0.29) is 22.3 Å². The maximum Gasteiger partial charge on any atom is 0.345 e. The molecule has 0 bridgehead atoms. The highest BCUT2D eigenvalue weighted by Gasteiger charge is 2.17. The molecule has 0 aliphatic heterocycles. The van der Waals surface area contributed by atoms with Crippen LogP contribution in [0.15, 0.2) is 51.8 Å². The van der Waals surface area contributed by atoms with Crippen LogP contribution in [-0.4, -0.2) is 15.9 Å². The minimum absolute atomic E-state index is 0.109. The monoisotopic (exact) mass is 359 g/mol. The molecular formula is C22H17NO4. The number of phenolic OH excluding ortho intramolecular Hbond substituents is 1. The van der Waals surface area contributed by atoms with Gasteiger partial charge in [0.25, 0.3) is 0 Å². The van der Waals surface area contributed by atoms with Crippen molar-refractivity contribution in [1.29, 1.82) is 0 Å². The van der Waals surface area contributed by atoms with Crippen molar-refractivity contribution in [1.82, 2.24) is 4.98 Å². The summed E-state index contributed by atoms with van der Waals surface area (Å²) in [5.41, 5.74) is 3.74. The minimum Gasteiger partial charge on any atom is -0.507 e. The van der Waals surface area contributed by atoms with Crippen molar-refractivity contribution in [2.75, 3.05) is 0 Å². The van der Waals surface area contributed by atoms with E-state index in [4.69, 9.17) is 4.42 Å². The van der Waals surface area contributed by atoms with Crippen molar-refractivity contribution in [3.63, 3.8) is 0 Å². The molecule has 0 aliphatic carbocycles. The summed E-state index contributed by atoms with van der Waals surface area (Å²) in [6.45, 7) is 5.76. The Hall–Kier alpha value is -3.47. The first-order chi connectivity index (χ1) is 12.8. The van der Waals surface area contributed by atoms with Gasteiger partial charge in [-0.05, 0) is 62.2 Å². The number of hydrogen-bond donors (Lipinski definition) is 1. The maximum absolute atomic E-state index is 12.8. The highest BCUT2D eigenvalue weighted by molar-refractivity contribution is 6.13. The lowest BCUT2D eigenvalue weighted by atomic mass is 10.00. The molecule has 27 heavy (non-hydrogen) atoms. The van der Waals surface area contributed by atoms with Crippen LogP contribution in [0.1, 0.15) is 32.6 Å².